The van der Waals surface area contributed by atoms with E-state index in [2.05, 4.69) is 48.5 Å². The average Bonchev–Trinajstić information content (AvgIpc) is 2.62. The van der Waals surface area contributed by atoms with Crippen molar-refractivity contribution in [3.8, 4) is 11.8 Å². The Hall–Kier alpha value is -3.16. The molecule has 0 heterocycles. The van der Waals surface area contributed by atoms with Gasteiger partial charge >= 0.3 is 5.97 Å². The second-order valence-corrected chi connectivity index (χ2v) is 5.01. The first kappa shape index (κ1) is 17.2. The highest BCUT2D eigenvalue weighted by molar-refractivity contribution is 5.82. The molecule has 0 bridgehead atoms. The predicted octanol–water partition coefficient (Wildman–Crippen LogP) is 4.01. The molecule has 1 atom stereocenters. The van der Waals surface area contributed by atoms with E-state index < -0.39 is 12.1 Å². The third-order valence-corrected chi connectivity index (χ3v) is 3.25. The van der Waals surface area contributed by atoms with E-state index in [0.717, 1.165) is 0 Å². The maximum atomic E-state index is 10.7. The van der Waals surface area contributed by atoms with Gasteiger partial charge in [-0.05, 0) is 16.8 Å². The third kappa shape index (κ3) is 4.67. The van der Waals surface area contributed by atoms with Crippen LogP contribution in [0, 0.1) is 11.3 Å². The van der Waals surface area contributed by atoms with E-state index in [0.29, 0.717) is 5.56 Å². The van der Waals surface area contributed by atoms with Crippen LogP contribution in [-0.2, 0) is 4.79 Å². The van der Waals surface area contributed by atoms with E-state index in [4.69, 9.17) is 10.00 Å². The number of para-hydroxylation sites is 1. The first-order chi connectivity index (χ1) is 11.6. The monoisotopic (exact) mass is 319 g/mol. The predicted molar refractivity (Wildman–Crippen MR) is 92.3 cm³/mol. The van der Waals surface area contributed by atoms with E-state index in [-0.39, 0.29) is 5.75 Å². The number of aliphatic hydroxyl groups excluding tert-OH is 1. The van der Waals surface area contributed by atoms with Crippen molar-refractivity contribution in [2.75, 3.05) is 0 Å². The van der Waals surface area contributed by atoms with Crippen LogP contribution in [0.1, 0.15) is 18.6 Å². The lowest BCUT2D eigenvalue weighted by molar-refractivity contribution is -0.131. The van der Waals surface area contributed by atoms with Gasteiger partial charge in [-0.2, -0.15) is 5.26 Å². The Morgan fingerprint density at radius 2 is 1.42 bits per heavy atom. The number of carbonyl (C=O) groups is 1. The number of fused-ring (bicyclic) bond motifs is 1. The SMILES string of the molecule is CC(=O)Oc1ccccc1C(O)C#N.c1ccc2ccccc2c1. The molecule has 1 unspecified atom stereocenters. The summed E-state index contributed by atoms with van der Waals surface area (Å²) < 4.78 is 4.82. The fraction of sp³-hybridized carbons (Fsp3) is 0.100. The Bertz CT molecular complexity index is 802. The lowest BCUT2D eigenvalue weighted by Crippen LogP contribution is -2.05. The topological polar surface area (TPSA) is 70.3 Å². The standard InChI is InChI=1S/C10H9NO3.C10H8/c1-7(12)14-10-5-3-2-4-8(10)9(13)6-11;1-2-6-10-8-4-3-7-9(10)5-1/h2-5,9,13H,1H3;1-8H. The first-order valence-corrected chi connectivity index (χ1v) is 7.40. The number of aliphatic hydroxyl groups is 1. The molecular weight excluding hydrogens is 302 g/mol. The van der Waals surface area contributed by atoms with Gasteiger partial charge in [-0.25, -0.2) is 0 Å². The maximum absolute atomic E-state index is 10.7. The van der Waals surface area contributed by atoms with Crippen LogP contribution in [0.5, 0.6) is 5.75 Å². The van der Waals surface area contributed by atoms with Gasteiger partial charge in [-0.15, -0.1) is 0 Å². The molecule has 0 fully saturated rings. The van der Waals surface area contributed by atoms with E-state index in [1.807, 2.05) is 0 Å². The number of ether oxygens (including phenoxy) is 1. The lowest BCUT2D eigenvalue weighted by Gasteiger charge is -2.08. The molecule has 0 saturated heterocycles. The van der Waals surface area contributed by atoms with Crippen molar-refractivity contribution < 1.29 is 14.6 Å². The van der Waals surface area contributed by atoms with Crippen LogP contribution in [-0.4, -0.2) is 11.1 Å². The zero-order valence-corrected chi connectivity index (χ0v) is 13.2. The smallest absolute Gasteiger partial charge is 0.308 e. The van der Waals surface area contributed by atoms with Crippen molar-refractivity contribution in [2.45, 2.75) is 13.0 Å². The van der Waals surface area contributed by atoms with Gasteiger partial charge in [0, 0.05) is 12.5 Å². The van der Waals surface area contributed by atoms with Crippen LogP contribution in [0.25, 0.3) is 10.8 Å². The molecule has 0 aliphatic carbocycles. The largest absolute Gasteiger partial charge is 0.426 e. The average molecular weight is 319 g/mol. The van der Waals surface area contributed by atoms with E-state index in [9.17, 15) is 9.90 Å². The summed E-state index contributed by atoms with van der Waals surface area (Å²) in [6.07, 6.45) is -1.27. The van der Waals surface area contributed by atoms with Crippen molar-refractivity contribution >= 4 is 16.7 Å². The number of benzene rings is 3. The molecule has 0 aliphatic rings. The molecule has 4 heteroatoms. The molecule has 24 heavy (non-hydrogen) atoms. The van der Waals surface area contributed by atoms with Crippen LogP contribution in [0.3, 0.4) is 0 Å². The van der Waals surface area contributed by atoms with Crippen LogP contribution >= 0.6 is 0 Å². The highest BCUT2D eigenvalue weighted by Crippen LogP contribution is 2.24. The molecule has 0 amide bonds. The van der Waals surface area contributed by atoms with Gasteiger partial charge in [0.2, 0.25) is 0 Å². The number of nitrogens with zero attached hydrogens (tertiary/aromatic N) is 1. The molecule has 0 radical (unpaired) electrons. The van der Waals surface area contributed by atoms with E-state index in [1.54, 1.807) is 18.2 Å². The first-order valence-electron chi connectivity index (χ1n) is 7.40. The summed E-state index contributed by atoms with van der Waals surface area (Å²) in [6, 6.07) is 24.7. The molecule has 3 rings (SSSR count). The van der Waals surface area contributed by atoms with Crippen LogP contribution in [0.4, 0.5) is 0 Å². The van der Waals surface area contributed by atoms with Gasteiger partial charge in [0.05, 0.1) is 6.07 Å². The molecule has 0 saturated carbocycles. The Balaban J connectivity index is 0.000000182. The highest BCUT2D eigenvalue weighted by atomic mass is 16.5. The summed E-state index contributed by atoms with van der Waals surface area (Å²) in [6.45, 7) is 1.26. The van der Waals surface area contributed by atoms with Crippen molar-refractivity contribution in [1.29, 1.82) is 5.26 Å². The van der Waals surface area contributed by atoms with Gasteiger partial charge in [-0.3, -0.25) is 4.79 Å². The molecule has 0 aromatic heterocycles. The van der Waals surface area contributed by atoms with Gasteiger partial charge in [0.15, 0.2) is 6.10 Å². The lowest BCUT2D eigenvalue weighted by atomic mass is 10.1. The molecule has 3 aromatic carbocycles. The Morgan fingerprint density at radius 3 is 1.88 bits per heavy atom. The summed E-state index contributed by atoms with van der Waals surface area (Å²) >= 11 is 0. The summed E-state index contributed by atoms with van der Waals surface area (Å²) in [5, 5.41) is 20.4. The number of carbonyl (C=O) groups excluding carboxylic acids is 1. The summed E-state index contributed by atoms with van der Waals surface area (Å²) in [7, 11) is 0. The molecule has 120 valence electrons. The zero-order valence-electron chi connectivity index (χ0n) is 13.2. The van der Waals surface area contributed by atoms with Gasteiger partial charge < -0.3 is 9.84 Å². The van der Waals surface area contributed by atoms with Crippen LogP contribution in [0.15, 0.2) is 72.8 Å². The molecule has 0 spiro atoms. The second kappa shape index (κ2) is 8.47. The van der Waals surface area contributed by atoms with Crippen LogP contribution < -0.4 is 4.74 Å². The Morgan fingerprint density at radius 1 is 0.958 bits per heavy atom. The Kier molecular flexibility index (Phi) is 6.07. The molecule has 1 N–H and O–H groups in total. The number of hydrogen-bond donors (Lipinski definition) is 1. The number of esters is 1. The summed E-state index contributed by atoms with van der Waals surface area (Å²) in [5.41, 5.74) is 0.296. The van der Waals surface area contributed by atoms with Gasteiger partial charge in [0.1, 0.15) is 5.75 Å². The van der Waals surface area contributed by atoms with E-state index in [1.165, 1.54) is 29.8 Å². The van der Waals surface area contributed by atoms with Crippen molar-refractivity contribution in [3.05, 3.63) is 78.4 Å². The van der Waals surface area contributed by atoms with E-state index >= 15 is 0 Å². The fourth-order valence-corrected chi connectivity index (χ4v) is 2.16. The highest BCUT2D eigenvalue weighted by Gasteiger charge is 2.12. The van der Waals surface area contributed by atoms with Crippen molar-refractivity contribution in [1.82, 2.24) is 0 Å². The molecule has 0 aliphatic heterocycles. The number of rotatable bonds is 2. The van der Waals surface area contributed by atoms with Crippen molar-refractivity contribution in [2.24, 2.45) is 0 Å². The second-order valence-electron chi connectivity index (χ2n) is 5.01. The third-order valence-electron chi connectivity index (χ3n) is 3.25. The minimum Gasteiger partial charge on any atom is -0.426 e. The fourth-order valence-electron chi connectivity index (χ4n) is 2.16. The zero-order chi connectivity index (χ0) is 17.4. The Labute approximate surface area is 140 Å². The molecule has 3 aromatic rings. The molecular formula is C20H17NO3. The molecule has 4 nitrogen and oxygen atoms in total. The van der Waals surface area contributed by atoms with Crippen LogP contribution in [0.2, 0.25) is 0 Å². The quantitative estimate of drug-likeness (QED) is 0.440. The normalized spacial score (nSPS) is 10.9. The summed E-state index contributed by atoms with van der Waals surface area (Å²) in [5.74, 6) is -0.267. The maximum Gasteiger partial charge on any atom is 0.308 e. The summed E-state index contributed by atoms with van der Waals surface area (Å²) in [4.78, 5) is 10.7. The van der Waals surface area contributed by atoms with Gasteiger partial charge in [-0.1, -0.05) is 66.7 Å². The van der Waals surface area contributed by atoms with Gasteiger partial charge in [0.25, 0.3) is 0 Å². The number of hydrogen-bond acceptors (Lipinski definition) is 4. The minimum absolute atomic E-state index is 0.217. The number of nitriles is 1. The van der Waals surface area contributed by atoms with Crippen molar-refractivity contribution in [3.63, 3.8) is 0 Å². The minimum atomic E-state index is -1.27.